The molecule has 0 bridgehead atoms. The predicted octanol–water partition coefficient (Wildman–Crippen LogP) is 33.5. The van der Waals surface area contributed by atoms with E-state index in [4.69, 9.17) is 23.3 Å². The molecule has 0 aliphatic rings. The summed E-state index contributed by atoms with van der Waals surface area (Å²) in [5, 5.41) is 0. The van der Waals surface area contributed by atoms with Crippen LogP contribution in [0.2, 0.25) is 0 Å². The van der Waals surface area contributed by atoms with Crippen molar-refractivity contribution in [1.29, 1.82) is 0 Å². The average molecular weight is 1540 g/mol. The second-order valence-electron chi connectivity index (χ2n) is 33.0. The van der Waals surface area contributed by atoms with Gasteiger partial charge in [0.15, 0.2) is 0 Å². The van der Waals surface area contributed by atoms with Gasteiger partial charge in [-0.25, -0.2) is 0 Å². The molecule has 0 saturated heterocycles. The predicted molar refractivity (Wildman–Crippen MR) is 512 cm³/mol. The fourth-order valence-corrected chi connectivity index (χ4v) is 12.5. The maximum Gasteiger partial charge on any atom is 0.0626 e. The monoisotopic (exact) mass is 1530 g/mol. The Morgan fingerprint density at radius 2 is 0.593 bits per heavy atom. The SMILES string of the molecule is Cc1c(C(C)C)cccc1C(C)C.Cc1c(CC(C)C)cccc1CC(C)C.Cc1cc(C)c(C)c(C)c1.Cc1cccc(C)c1C.Cc1ccccc1.Cc1ccccc1C(C)(C)C.Cc1ccccc1C(C)C.[2H]C([2H])(C)c1cccc(C([2H])([2H])C)c1C.[2H]C([2H])([2H])c1cc(C)c(C)c(C([2H])([2H])[2H])c1.[2H]C([2H])([2H])c1cccc(C)c1C.[2H]c1c([2H])c([2H])c(C)c(C)c1[2H]. The largest absolute Gasteiger partial charge is 0.0626 e. The van der Waals surface area contributed by atoms with Crippen molar-refractivity contribution in [3.05, 3.63) is 385 Å². The molecule has 11 aromatic rings. The van der Waals surface area contributed by atoms with E-state index in [0.29, 0.717) is 62.3 Å². The van der Waals surface area contributed by atoms with Crippen molar-refractivity contribution in [3.8, 4) is 0 Å². The van der Waals surface area contributed by atoms with E-state index in [1.54, 1.807) is 65.0 Å². The van der Waals surface area contributed by atoms with Gasteiger partial charge in [0.25, 0.3) is 0 Å². The first kappa shape index (κ1) is 75.8. The lowest BCUT2D eigenvalue weighted by atomic mass is 9.84. The molecule has 113 heavy (non-hydrogen) atoms. The van der Waals surface area contributed by atoms with E-state index in [2.05, 4.69) is 300 Å². The van der Waals surface area contributed by atoms with Gasteiger partial charge in [-0.1, -0.05) is 339 Å². The van der Waals surface area contributed by atoms with Crippen molar-refractivity contribution in [2.75, 3.05) is 0 Å². The minimum atomic E-state index is -2.27. The standard InChI is InChI=1S/C15H24.C13H20.2C11H16.3C10H14.2C9H12.C8H10.C7H8/c1-11(2)9-14-7-6-8-15(13(14)5)10-12(3)4;1-9(2)12-7-6-8-13(10(3)4)11(12)5;1-9-7-5-6-8-10(9)11(2,3)4;1-4-10-7-6-8-11(5-2)9(10)3;2*1-7-5-8(2)10(4)9(3)6-7;1-8(2)10-7-5-4-6-9(10)3;2*1-7-5-4-6-8(2)9(7)3;1-7-5-3-4-6-8(7)2;1-7-5-3-2-4-6-7/h6-8,11-12H,9-10H2,1-5H3;6-10H,1-5H3;5-8H,1-4H3;6-8H,4-5H2,1-3H3;2*5-6H,1-4H3;4-8H,1-3H3;2*4-6H,1-3H3;3-6H,1-2H3;2-6H,1H3/i;;;4D2,5D2;1D3,2D3;;;1D3;;3D,4D,5D,6D;. The average Bonchev–Trinajstić information content (AvgIpc) is 0.795. The maximum absolute atomic E-state index is 7.66. The Morgan fingerprint density at radius 1 is 0.274 bits per heavy atom. The van der Waals surface area contributed by atoms with Crippen LogP contribution in [-0.2, 0) is 31.0 Å². The van der Waals surface area contributed by atoms with E-state index in [0.717, 1.165) is 23.0 Å². The zero-order valence-corrected chi connectivity index (χ0v) is 76.8. The molecule has 0 heterocycles. The minimum Gasteiger partial charge on any atom is -0.0625 e. The summed E-state index contributed by atoms with van der Waals surface area (Å²) in [5.74, 6) is 3.43. The van der Waals surface area contributed by atoms with Crippen molar-refractivity contribution in [1.82, 2.24) is 0 Å². The van der Waals surface area contributed by atoms with Gasteiger partial charge in [0, 0.05) is 17.8 Å². The molecule has 0 spiro atoms. The molecule has 0 nitrogen and oxygen atoms in total. The quantitative estimate of drug-likeness (QED) is 0.135. The highest BCUT2D eigenvalue weighted by molar-refractivity contribution is 5.41. The van der Waals surface area contributed by atoms with Gasteiger partial charge in [-0.15, -0.1) is 0 Å². The highest BCUT2D eigenvalue weighted by Crippen LogP contribution is 2.28. The highest BCUT2D eigenvalue weighted by atomic mass is 14.2. The number of hydrogen-bond donors (Lipinski definition) is 0. The third-order valence-corrected chi connectivity index (χ3v) is 20.4. The molecule has 0 saturated carbocycles. The van der Waals surface area contributed by atoms with Gasteiger partial charge < -0.3 is 0 Å². The van der Waals surface area contributed by atoms with Gasteiger partial charge >= 0.3 is 0 Å². The van der Waals surface area contributed by atoms with Gasteiger partial charge in [0.05, 0.1) is 5.48 Å². The van der Waals surface area contributed by atoms with Crippen LogP contribution in [0.15, 0.2) is 218 Å². The van der Waals surface area contributed by atoms with Crippen LogP contribution in [0.4, 0.5) is 0 Å². The van der Waals surface area contributed by atoms with Crippen molar-refractivity contribution >= 4 is 0 Å². The lowest BCUT2D eigenvalue weighted by molar-refractivity contribution is 0.586. The van der Waals surface area contributed by atoms with Crippen LogP contribution in [0, 0.1) is 164 Å². The van der Waals surface area contributed by atoms with Gasteiger partial charge in [-0.3, -0.25) is 0 Å². The molecule has 0 unspecified atom stereocenters. The summed E-state index contributed by atoms with van der Waals surface area (Å²) < 4.78 is 126. The van der Waals surface area contributed by atoms with Crippen LogP contribution in [0.5, 0.6) is 0 Å². The molecule has 11 aromatic carbocycles. The van der Waals surface area contributed by atoms with Crippen LogP contribution >= 0.6 is 0 Å². The normalized spacial score (nSPS) is 13.1. The second kappa shape index (κ2) is 53.5. The Labute approximate surface area is 721 Å². The van der Waals surface area contributed by atoms with E-state index in [-0.39, 0.29) is 40.7 Å². The number of aryl methyl sites for hydroxylation is 15. The molecule has 0 radical (unpaired) electrons. The summed E-state index contributed by atoms with van der Waals surface area (Å²) in [6.07, 6.45) is -0.438. The first-order valence-corrected chi connectivity index (χ1v) is 40.8. The van der Waals surface area contributed by atoms with E-state index in [9.17, 15) is 0 Å². The fourth-order valence-electron chi connectivity index (χ4n) is 12.5. The molecule has 0 aromatic heterocycles. The first-order valence-electron chi connectivity index (χ1n) is 49.3. The highest BCUT2D eigenvalue weighted by Gasteiger charge is 2.15. The van der Waals surface area contributed by atoms with Crippen molar-refractivity contribution in [2.45, 2.75) is 305 Å². The molecule has 11 rings (SSSR count). The molecule has 0 atom stereocenters. The van der Waals surface area contributed by atoms with Crippen LogP contribution in [0.1, 0.15) is 312 Å². The molecule has 0 N–H and O–H groups in total. The maximum atomic E-state index is 7.66. The Hall–Kier alpha value is -8.58. The molecule has 0 fully saturated rings. The lowest BCUT2D eigenvalue weighted by Crippen LogP contribution is -2.12. The molecular weight excluding hydrogens is 1360 g/mol. The summed E-state index contributed by atoms with van der Waals surface area (Å²) in [4.78, 5) is 0. The van der Waals surface area contributed by atoms with Crippen molar-refractivity contribution in [3.63, 3.8) is 0 Å². The van der Waals surface area contributed by atoms with Crippen LogP contribution < -0.4 is 0 Å². The third-order valence-electron chi connectivity index (χ3n) is 20.4. The lowest BCUT2D eigenvalue weighted by Gasteiger charge is -2.21. The second-order valence-corrected chi connectivity index (χ2v) is 33.0. The Balaban J connectivity index is 0.000000719. The first-order chi connectivity index (χ1) is 59.5. The van der Waals surface area contributed by atoms with E-state index < -0.39 is 33.3 Å². The van der Waals surface area contributed by atoms with Crippen LogP contribution in [-0.4, -0.2) is 0 Å². The molecule has 0 aliphatic heterocycles. The summed E-state index contributed by atoms with van der Waals surface area (Å²) in [6.45, 7) is 64.2. The molecule has 0 aliphatic carbocycles. The van der Waals surface area contributed by atoms with E-state index in [1.807, 2.05) is 38.1 Å². The van der Waals surface area contributed by atoms with E-state index >= 15 is 0 Å². The van der Waals surface area contributed by atoms with Gasteiger partial charge in [-0.05, 0) is 363 Å². The van der Waals surface area contributed by atoms with Crippen molar-refractivity contribution in [2.24, 2.45) is 11.8 Å². The minimum absolute atomic E-state index is 0.0634. The number of hydrogen-bond acceptors (Lipinski definition) is 0. The number of benzene rings is 11. The smallest absolute Gasteiger partial charge is 0.0625 e. The van der Waals surface area contributed by atoms with E-state index in [1.165, 1.54) is 139 Å². The topological polar surface area (TPSA) is 0 Å². The zero-order valence-electron chi connectivity index (χ0n) is 93.8. The van der Waals surface area contributed by atoms with Crippen LogP contribution in [0.3, 0.4) is 0 Å². The van der Waals surface area contributed by atoms with Gasteiger partial charge in [-0.2, -0.15) is 0 Å². The molecule has 0 heteroatoms. The molecule has 612 valence electrons. The van der Waals surface area contributed by atoms with Crippen LogP contribution in [0.25, 0.3) is 0 Å². The zero-order chi connectivity index (χ0) is 101. The van der Waals surface area contributed by atoms with Crippen molar-refractivity contribution < 1.29 is 23.3 Å². The summed E-state index contributed by atoms with van der Waals surface area (Å²) >= 11 is 0. The van der Waals surface area contributed by atoms with Gasteiger partial charge in [0.2, 0.25) is 0 Å². The fraction of sp³-hybridized carbons (Fsp3) is 0.416. The third kappa shape index (κ3) is 39.3. The number of rotatable bonds is 9. The summed E-state index contributed by atoms with van der Waals surface area (Å²) in [5.41, 5.74) is 33.1. The Bertz CT molecular complexity index is 5050. The van der Waals surface area contributed by atoms with Gasteiger partial charge in [0.1, 0.15) is 0 Å². The molecular formula is C113H160. The molecule has 0 amide bonds. The summed E-state index contributed by atoms with van der Waals surface area (Å²) in [6, 6.07) is 64.7. The Morgan fingerprint density at radius 3 is 0.938 bits per heavy atom. The summed E-state index contributed by atoms with van der Waals surface area (Å²) in [7, 11) is 0. The Kier molecular flexibility index (Phi) is 35.9.